The third kappa shape index (κ3) is 3.04. The zero-order chi connectivity index (χ0) is 17.9. The first-order valence-corrected chi connectivity index (χ1v) is 8.49. The number of hydrogen-bond donors (Lipinski definition) is 2. The summed E-state index contributed by atoms with van der Waals surface area (Å²) in [6.07, 6.45) is 3.93. The number of amides is 1. The number of aliphatic hydroxyl groups excluding tert-OH is 1. The Hall–Kier alpha value is -3.19. The molecule has 1 aromatic carbocycles. The van der Waals surface area contributed by atoms with Gasteiger partial charge in [0.25, 0.3) is 0 Å². The van der Waals surface area contributed by atoms with Crippen LogP contribution in [0.2, 0.25) is 0 Å². The Kier molecular flexibility index (Phi) is 4.37. The molecule has 0 radical (unpaired) electrons. The molecule has 0 saturated heterocycles. The Morgan fingerprint density at radius 3 is 2.88 bits per heavy atom. The molecule has 0 unspecified atom stereocenters. The van der Waals surface area contributed by atoms with Crippen molar-refractivity contribution in [2.75, 3.05) is 0 Å². The molecule has 0 fully saturated rings. The molecular formula is C19H19N5O2. The van der Waals surface area contributed by atoms with Crippen LogP contribution in [0.5, 0.6) is 0 Å². The van der Waals surface area contributed by atoms with E-state index in [1.54, 1.807) is 10.7 Å². The van der Waals surface area contributed by atoms with Crippen molar-refractivity contribution in [2.45, 2.75) is 26.1 Å². The Balaban J connectivity index is 1.42. The van der Waals surface area contributed by atoms with Gasteiger partial charge in [-0.15, -0.1) is 0 Å². The van der Waals surface area contributed by atoms with Gasteiger partial charge in [-0.1, -0.05) is 18.2 Å². The van der Waals surface area contributed by atoms with E-state index in [9.17, 15) is 9.90 Å². The van der Waals surface area contributed by atoms with E-state index in [4.69, 9.17) is 0 Å². The number of hydrogen-bond acceptors (Lipinski definition) is 4. The molecule has 0 bridgehead atoms. The Labute approximate surface area is 149 Å². The molecule has 2 N–H and O–H groups in total. The van der Waals surface area contributed by atoms with E-state index >= 15 is 0 Å². The molecule has 132 valence electrons. The monoisotopic (exact) mass is 349 g/mol. The van der Waals surface area contributed by atoms with Crippen molar-refractivity contribution in [1.82, 2.24) is 24.5 Å². The Bertz CT molecular complexity index is 1070. The lowest BCUT2D eigenvalue weighted by Gasteiger charge is -2.09. The van der Waals surface area contributed by atoms with Crippen LogP contribution in [0.1, 0.15) is 17.8 Å². The molecule has 3 aromatic heterocycles. The number of nitrogens with one attached hydrogen (secondary N) is 1. The fraction of sp³-hybridized carbons (Fsp3) is 0.211. The van der Waals surface area contributed by atoms with Gasteiger partial charge in [-0.05, 0) is 29.8 Å². The summed E-state index contributed by atoms with van der Waals surface area (Å²) in [6, 6.07) is 13.5. The van der Waals surface area contributed by atoms with E-state index in [-0.39, 0.29) is 12.5 Å². The molecule has 0 atom stereocenters. The van der Waals surface area contributed by atoms with Crippen LogP contribution in [0.15, 0.2) is 54.9 Å². The minimum Gasteiger partial charge on any atom is -0.388 e. The number of aromatic nitrogens is 4. The second-order valence-electron chi connectivity index (χ2n) is 6.05. The number of carbonyl (C=O) groups excluding carboxylic acids is 1. The van der Waals surface area contributed by atoms with Crippen molar-refractivity contribution in [1.29, 1.82) is 0 Å². The summed E-state index contributed by atoms with van der Waals surface area (Å²) in [5, 5.41) is 16.7. The van der Waals surface area contributed by atoms with Crippen molar-refractivity contribution in [2.24, 2.45) is 0 Å². The van der Waals surface area contributed by atoms with Crippen LogP contribution in [-0.4, -0.2) is 30.2 Å². The minimum absolute atomic E-state index is 0.0480. The summed E-state index contributed by atoms with van der Waals surface area (Å²) in [4.78, 5) is 16.7. The second-order valence-corrected chi connectivity index (χ2v) is 6.05. The summed E-state index contributed by atoms with van der Waals surface area (Å²) < 4.78 is 3.68. The van der Waals surface area contributed by atoms with Gasteiger partial charge < -0.3 is 15.0 Å². The highest BCUT2D eigenvalue weighted by Crippen LogP contribution is 2.16. The summed E-state index contributed by atoms with van der Waals surface area (Å²) in [5.74, 6) is 0.524. The lowest BCUT2D eigenvalue weighted by molar-refractivity contribution is -0.121. The lowest BCUT2D eigenvalue weighted by atomic mass is 10.2. The molecule has 4 rings (SSSR count). The smallest absolute Gasteiger partial charge is 0.222 e. The molecule has 7 nitrogen and oxygen atoms in total. The van der Waals surface area contributed by atoms with Crippen molar-refractivity contribution in [3.8, 4) is 0 Å². The first-order chi connectivity index (χ1) is 12.8. The maximum absolute atomic E-state index is 12.3. The third-order valence-corrected chi connectivity index (χ3v) is 4.44. The van der Waals surface area contributed by atoms with Gasteiger partial charge in [0.2, 0.25) is 5.91 Å². The molecular weight excluding hydrogens is 330 g/mol. The summed E-state index contributed by atoms with van der Waals surface area (Å²) in [7, 11) is 0. The predicted molar refractivity (Wildman–Crippen MR) is 97.3 cm³/mol. The quantitative estimate of drug-likeness (QED) is 0.557. The van der Waals surface area contributed by atoms with E-state index in [1.807, 2.05) is 53.2 Å². The number of rotatable bonds is 6. The van der Waals surface area contributed by atoms with Gasteiger partial charge in [0.15, 0.2) is 0 Å². The minimum atomic E-state index is -0.153. The van der Waals surface area contributed by atoms with E-state index in [0.717, 1.165) is 22.1 Å². The first kappa shape index (κ1) is 16.3. The molecule has 26 heavy (non-hydrogen) atoms. The molecule has 1 amide bonds. The molecule has 4 aromatic rings. The normalized spacial score (nSPS) is 11.3. The Morgan fingerprint density at radius 1 is 1.12 bits per heavy atom. The highest BCUT2D eigenvalue weighted by molar-refractivity contribution is 5.78. The maximum Gasteiger partial charge on any atom is 0.222 e. The van der Waals surface area contributed by atoms with Crippen LogP contribution >= 0.6 is 0 Å². The average molecular weight is 349 g/mol. The van der Waals surface area contributed by atoms with E-state index < -0.39 is 0 Å². The van der Waals surface area contributed by atoms with Gasteiger partial charge in [0, 0.05) is 31.9 Å². The number of imidazole rings is 1. The lowest BCUT2D eigenvalue weighted by Crippen LogP contribution is -2.24. The van der Waals surface area contributed by atoms with Gasteiger partial charge in [-0.25, -0.2) is 9.50 Å². The van der Waals surface area contributed by atoms with Crippen LogP contribution in [0.25, 0.3) is 16.6 Å². The number of aliphatic hydroxyl groups is 1. The Morgan fingerprint density at radius 2 is 2.00 bits per heavy atom. The second kappa shape index (κ2) is 6.97. The molecule has 7 heteroatoms. The summed E-state index contributed by atoms with van der Waals surface area (Å²) in [6.45, 7) is 0.769. The molecule has 0 aliphatic heterocycles. The van der Waals surface area contributed by atoms with Gasteiger partial charge in [0.05, 0.1) is 16.6 Å². The van der Waals surface area contributed by atoms with Crippen LogP contribution in [0.4, 0.5) is 0 Å². The van der Waals surface area contributed by atoms with Crippen LogP contribution < -0.4 is 5.32 Å². The first-order valence-electron chi connectivity index (χ1n) is 8.49. The van der Waals surface area contributed by atoms with Crippen molar-refractivity contribution >= 4 is 22.5 Å². The highest BCUT2D eigenvalue weighted by Gasteiger charge is 2.11. The number of nitrogens with zero attached hydrogens (tertiary/aromatic N) is 4. The van der Waals surface area contributed by atoms with Crippen LogP contribution in [-0.2, 0) is 24.5 Å². The zero-order valence-corrected chi connectivity index (χ0v) is 14.2. The molecule has 3 heterocycles. The van der Waals surface area contributed by atoms with E-state index in [1.165, 1.54) is 0 Å². The van der Waals surface area contributed by atoms with Gasteiger partial charge in [-0.2, -0.15) is 5.10 Å². The fourth-order valence-electron chi connectivity index (χ4n) is 3.15. The van der Waals surface area contributed by atoms with Gasteiger partial charge in [-0.3, -0.25) is 4.79 Å². The van der Waals surface area contributed by atoms with E-state index in [2.05, 4.69) is 15.4 Å². The number of carbonyl (C=O) groups is 1. The number of fused-ring (bicyclic) bond motifs is 2. The number of pyridine rings is 1. The van der Waals surface area contributed by atoms with Crippen LogP contribution in [0.3, 0.4) is 0 Å². The molecule has 0 saturated carbocycles. The number of aryl methyl sites for hydroxylation is 1. The predicted octanol–water partition coefficient (Wildman–Crippen LogP) is 1.88. The maximum atomic E-state index is 12.3. The SMILES string of the molecule is O=C(CCn1c(CO)nc2ccccc21)NCc1cccn2nccc12. The number of benzene rings is 1. The molecule has 0 aliphatic rings. The van der Waals surface area contributed by atoms with E-state index in [0.29, 0.717) is 25.3 Å². The van der Waals surface area contributed by atoms with Gasteiger partial charge >= 0.3 is 0 Å². The molecule has 0 aliphatic carbocycles. The zero-order valence-electron chi connectivity index (χ0n) is 14.2. The van der Waals surface area contributed by atoms with Crippen molar-refractivity contribution < 1.29 is 9.90 Å². The summed E-state index contributed by atoms with van der Waals surface area (Å²) >= 11 is 0. The molecule has 0 spiro atoms. The summed E-state index contributed by atoms with van der Waals surface area (Å²) in [5.41, 5.74) is 3.75. The third-order valence-electron chi connectivity index (χ3n) is 4.44. The highest BCUT2D eigenvalue weighted by atomic mass is 16.3. The van der Waals surface area contributed by atoms with Crippen molar-refractivity contribution in [3.63, 3.8) is 0 Å². The number of para-hydroxylation sites is 2. The fourth-order valence-corrected chi connectivity index (χ4v) is 3.15. The topological polar surface area (TPSA) is 84.5 Å². The van der Waals surface area contributed by atoms with Crippen molar-refractivity contribution in [3.05, 3.63) is 66.2 Å². The standard InChI is InChI=1S/C19H19N5O2/c25-13-18-22-15-5-1-2-6-17(15)23(18)11-8-19(26)20-12-14-4-3-10-24-16(14)7-9-21-24/h1-7,9-10,25H,8,11-13H2,(H,20,26). The van der Waals surface area contributed by atoms with Crippen LogP contribution in [0, 0.1) is 0 Å². The average Bonchev–Trinajstić information content (AvgIpc) is 3.29. The largest absolute Gasteiger partial charge is 0.388 e. The van der Waals surface area contributed by atoms with Gasteiger partial charge in [0.1, 0.15) is 12.4 Å².